The van der Waals surface area contributed by atoms with E-state index >= 15 is 0 Å². The number of nitrogens with zero attached hydrogens (tertiary/aromatic N) is 3. The maximum atomic E-state index is 13.1. The van der Waals surface area contributed by atoms with Crippen LogP contribution >= 0.6 is 0 Å². The van der Waals surface area contributed by atoms with Crippen LogP contribution in [0.5, 0.6) is 0 Å². The van der Waals surface area contributed by atoms with Gasteiger partial charge in [0.15, 0.2) is 5.96 Å². The molecular weight excluding hydrogens is 304 g/mol. The molecule has 4 rings (SSSR count). The monoisotopic (exact) mass is 320 g/mol. The highest BCUT2D eigenvalue weighted by Gasteiger charge is 2.33. The number of guanidine groups is 1. The number of H-pyrrole nitrogens is 1. The van der Waals surface area contributed by atoms with E-state index in [4.69, 9.17) is 11.1 Å². The molecule has 120 valence electrons. The second kappa shape index (κ2) is 5.45. The molecule has 4 N–H and O–H groups in total. The summed E-state index contributed by atoms with van der Waals surface area (Å²) in [6.07, 6.45) is 5.20. The Kier molecular flexibility index (Phi) is 3.26. The average Bonchev–Trinajstić information content (AvgIpc) is 3.31. The molecule has 1 amide bonds. The zero-order valence-corrected chi connectivity index (χ0v) is 12.9. The molecule has 7 heteroatoms. The SMILES string of the molecule is N=C(N)N(C(=O)c1cn[nH]c1C1CC1)c1ccnc2ccccc12. The fourth-order valence-corrected chi connectivity index (χ4v) is 2.89. The van der Waals surface area contributed by atoms with Crippen LogP contribution in [0.1, 0.15) is 34.8 Å². The Balaban J connectivity index is 1.83. The second-order valence-electron chi connectivity index (χ2n) is 5.84. The van der Waals surface area contributed by atoms with Crippen molar-refractivity contribution in [2.24, 2.45) is 5.73 Å². The van der Waals surface area contributed by atoms with Crippen molar-refractivity contribution >= 4 is 28.5 Å². The molecule has 1 aliphatic carbocycles. The zero-order chi connectivity index (χ0) is 16.7. The lowest BCUT2D eigenvalue weighted by Gasteiger charge is -2.22. The number of aromatic amines is 1. The molecule has 3 aromatic rings. The van der Waals surface area contributed by atoms with Crippen molar-refractivity contribution < 1.29 is 4.79 Å². The molecule has 1 aliphatic rings. The molecule has 0 spiro atoms. The van der Waals surface area contributed by atoms with E-state index in [2.05, 4.69) is 15.2 Å². The van der Waals surface area contributed by atoms with E-state index in [1.165, 1.54) is 11.1 Å². The Labute approximate surface area is 138 Å². The fourth-order valence-electron chi connectivity index (χ4n) is 2.89. The summed E-state index contributed by atoms with van der Waals surface area (Å²) < 4.78 is 0. The number of amides is 1. The lowest BCUT2D eigenvalue weighted by Crippen LogP contribution is -2.41. The van der Waals surface area contributed by atoms with Crippen LogP contribution in [-0.2, 0) is 0 Å². The topological polar surface area (TPSA) is 112 Å². The predicted octanol–water partition coefficient (Wildman–Crippen LogP) is 2.38. The number of carbonyl (C=O) groups is 1. The number of hydrogen-bond acceptors (Lipinski definition) is 4. The summed E-state index contributed by atoms with van der Waals surface area (Å²) in [6.45, 7) is 0. The summed E-state index contributed by atoms with van der Waals surface area (Å²) in [5, 5.41) is 15.6. The Morgan fingerprint density at radius 3 is 2.83 bits per heavy atom. The molecule has 2 heterocycles. The Hall–Kier alpha value is -3.22. The summed E-state index contributed by atoms with van der Waals surface area (Å²) in [5.74, 6) is -0.344. The van der Waals surface area contributed by atoms with E-state index in [0.29, 0.717) is 17.2 Å². The van der Waals surface area contributed by atoms with Gasteiger partial charge < -0.3 is 5.73 Å². The molecule has 1 saturated carbocycles. The van der Waals surface area contributed by atoms with Crippen LogP contribution in [0.2, 0.25) is 0 Å². The van der Waals surface area contributed by atoms with Gasteiger partial charge in [-0.1, -0.05) is 18.2 Å². The molecule has 1 fully saturated rings. The molecule has 0 saturated heterocycles. The number of anilines is 1. The van der Waals surface area contributed by atoms with E-state index in [-0.39, 0.29) is 11.9 Å². The number of nitrogens with two attached hydrogens (primary N) is 1. The molecule has 2 aromatic heterocycles. The number of aromatic nitrogens is 3. The zero-order valence-electron chi connectivity index (χ0n) is 12.9. The van der Waals surface area contributed by atoms with Gasteiger partial charge in [-0.15, -0.1) is 0 Å². The van der Waals surface area contributed by atoms with Gasteiger partial charge in [-0.25, -0.2) is 4.90 Å². The average molecular weight is 320 g/mol. The van der Waals surface area contributed by atoms with Crippen LogP contribution in [0.15, 0.2) is 42.7 Å². The summed E-state index contributed by atoms with van der Waals surface area (Å²) >= 11 is 0. The van der Waals surface area contributed by atoms with E-state index in [1.807, 2.05) is 24.3 Å². The third-order valence-corrected chi connectivity index (χ3v) is 4.20. The van der Waals surface area contributed by atoms with Crippen LogP contribution in [0.3, 0.4) is 0 Å². The van der Waals surface area contributed by atoms with E-state index in [0.717, 1.165) is 29.4 Å². The van der Waals surface area contributed by atoms with Gasteiger partial charge in [0.25, 0.3) is 5.91 Å². The Bertz CT molecular complexity index is 938. The summed E-state index contributed by atoms with van der Waals surface area (Å²) in [5.41, 5.74) is 8.32. The van der Waals surface area contributed by atoms with Gasteiger partial charge in [-0.05, 0) is 25.0 Å². The first kappa shape index (κ1) is 14.4. The number of para-hydroxylation sites is 1. The summed E-state index contributed by atoms with van der Waals surface area (Å²) in [7, 11) is 0. The lowest BCUT2D eigenvalue weighted by molar-refractivity contribution is 0.100. The van der Waals surface area contributed by atoms with E-state index in [9.17, 15) is 4.79 Å². The Morgan fingerprint density at radius 2 is 2.08 bits per heavy atom. The standard InChI is InChI=1S/C17H16N6O/c18-17(19)23(14-7-8-20-13-4-2-1-3-11(13)14)16(24)12-9-21-22-15(12)10-5-6-10/h1-4,7-10H,5-6H2,(H3,18,19)(H,21,22). The highest BCUT2D eigenvalue weighted by Crippen LogP contribution is 2.41. The molecule has 0 atom stereocenters. The molecule has 7 nitrogen and oxygen atoms in total. The number of carbonyl (C=O) groups excluding carboxylic acids is 1. The van der Waals surface area contributed by atoms with E-state index in [1.54, 1.807) is 12.3 Å². The number of fused-ring (bicyclic) bond motifs is 1. The number of rotatable bonds is 3. The molecule has 1 aromatic carbocycles. The molecule has 0 aliphatic heterocycles. The highest BCUT2D eigenvalue weighted by atomic mass is 16.2. The minimum atomic E-state index is -0.352. The van der Waals surface area contributed by atoms with Gasteiger partial charge in [-0.2, -0.15) is 5.10 Å². The van der Waals surface area contributed by atoms with Gasteiger partial charge in [-0.3, -0.25) is 20.3 Å². The van der Waals surface area contributed by atoms with Gasteiger partial charge >= 0.3 is 0 Å². The smallest absolute Gasteiger partial charge is 0.268 e. The first-order chi connectivity index (χ1) is 11.7. The van der Waals surface area contributed by atoms with Crippen molar-refractivity contribution in [1.82, 2.24) is 15.2 Å². The maximum Gasteiger partial charge on any atom is 0.268 e. The number of nitrogens with one attached hydrogen (secondary N) is 2. The van der Waals surface area contributed by atoms with Crippen molar-refractivity contribution in [3.8, 4) is 0 Å². The Morgan fingerprint density at radius 1 is 1.29 bits per heavy atom. The fraction of sp³-hybridized carbons (Fsp3) is 0.176. The van der Waals surface area contributed by atoms with Crippen LogP contribution in [0, 0.1) is 5.41 Å². The van der Waals surface area contributed by atoms with Crippen molar-refractivity contribution in [1.29, 1.82) is 5.41 Å². The minimum absolute atomic E-state index is 0.334. The van der Waals surface area contributed by atoms with Crippen LogP contribution in [-0.4, -0.2) is 27.0 Å². The molecule has 0 radical (unpaired) electrons. The van der Waals surface area contributed by atoms with Gasteiger partial charge in [0.2, 0.25) is 0 Å². The van der Waals surface area contributed by atoms with E-state index < -0.39 is 0 Å². The molecule has 24 heavy (non-hydrogen) atoms. The normalized spacial score (nSPS) is 13.8. The third kappa shape index (κ3) is 2.30. The van der Waals surface area contributed by atoms with Gasteiger partial charge in [0.1, 0.15) is 0 Å². The van der Waals surface area contributed by atoms with Crippen LogP contribution < -0.4 is 10.6 Å². The minimum Gasteiger partial charge on any atom is -0.369 e. The predicted molar refractivity (Wildman–Crippen MR) is 91.0 cm³/mol. The van der Waals surface area contributed by atoms with Crippen LogP contribution in [0.25, 0.3) is 10.9 Å². The van der Waals surface area contributed by atoms with Crippen molar-refractivity contribution in [2.45, 2.75) is 18.8 Å². The second-order valence-corrected chi connectivity index (χ2v) is 5.84. The highest BCUT2D eigenvalue weighted by molar-refractivity contribution is 6.23. The first-order valence-corrected chi connectivity index (χ1v) is 7.72. The van der Waals surface area contributed by atoms with Gasteiger partial charge in [0, 0.05) is 17.5 Å². The van der Waals surface area contributed by atoms with Crippen molar-refractivity contribution in [3.05, 3.63) is 54.0 Å². The number of pyridine rings is 1. The van der Waals surface area contributed by atoms with Crippen molar-refractivity contribution in [2.75, 3.05) is 4.90 Å². The van der Waals surface area contributed by atoms with Crippen LogP contribution in [0.4, 0.5) is 5.69 Å². The molecular formula is C17H16N6O. The van der Waals surface area contributed by atoms with Crippen molar-refractivity contribution in [3.63, 3.8) is 0 Å². The maximum absolute atomic E-state index is 13.1. The number of benzene rings is 1. The number of hydrogen-bond donors (Lipinski definition) is 3. The summed E-state index contributed by atoms with van der Waals surface area (Å²) in [4.78, 5) is 18.6. The summed E-state index contributed by atoms with van der Waals surface area (Å²) in [6, 6.07) is 9.15. The third-order valence-electron chi connectivity index (χ3n) is 4.20. The largest absolute Gasteiger partial charge is 0.369 e. The lowest BCUT2D eigenvalue weighted by atomic mass is 10.1. The first-order valence-electron chi connectivity index (χ1n) is 7.72. The van der Waals surface area contributed by atoms with Gasteiger partial charge in [0.05, 0.1) is 28.7 Å². The molecule has 0 unspecified atom stereocenters. The quantitative estimate of drug-likeness (QED) is 0.508. The molecule has 0 bridgehead atoms.